The molecule has 2 heterocycles. The third-order valence-corrected chi connectivity index (χ3v) is 4.03. The fourth-order valence-corrected chi connectivity index (χ4v) is 2.69. The number of amides is 1. The second kappa shape index (κ2) is 5.52. The Morgan fingerprint density at radius 3 is 2.92 bits per heavy atom. The van der Waals surface area contributed by atoms with Crippen LogP contribution in [0.1, 0.15) is 10.5 Å². The molecule has 2 aromatic carbocycles. The molecule has 8 nitrogen and oxygen atoms in total. The van der Waals surface area contributed by atoms with Crippen LogP contribution in [-0.2, 0) is 7.05 Å². The molecule has 0 aliphatic carbocycles. The van der Waals surface area contributed by atoms with E-state index in [1.807, 2.05) is 0 Å². The van der Waals surface area contributed by atoms with E-state index in [1.54, 1.807) is 50.6 Å². The molecule has 2 aromatic heterocycles. The summed E-state index contributed by atoms with van der Waals surface area (Å²) in [5, 5.41) is 10.3. The number of benzene rings is 2. The number of carbonyl (C=O) groups is 1. The van der Waals surface area contributed by atoms with Gasteiger partial charge in [0.1, 0.15) is 5.75 Å². The molecule has 4 rings (SSSR count). The number of anilines is 1. The van der Waals surface area contributed by atoms with E-state index >= 15 is 0 Å². The van der Waals surface area contributed by atoms with Crippen molar-refractivity contribution in [3.63, 3.8) is 0 Å². The van der Waals surface area contributed by atoms with Gasteiger partial charge in [-0.3, -0.25) is 14.5 Å². The maximum atomic E-state index is 12.6. The summed E-state index contributed by atoms with van der Waals surface area (Å²) < 4.78 is 11.6. The lowest BCUT2D eigenvalue weighted by molar-refractivity contribution is 0.102. The first-order valence-corrected chi connectivity index (χ1v) is 7.50. The smallest absolute Gasteiger partial charge is 0.419 e. The zero-order valence-electron chi connectivity index (χ0n) is 13.5. The summed E-state index contributed by atoms with van der Waals surface area (Å²) in [6.45, 7) is 0. The van der Waals surface area contributed by atoms with Gasteiger partial charge < -0.3 is 14.5 Å². The monoisotopic (exact) mass is 338 g/mol. The Morgan fingerprint density at radius 2 is 2.12 bits per heavy atom. The van der Waals surface area contributed by atoms with Crippen molar-refractivity contribution in [2.24, 2.45) is 7.05 Å². The van der Waals surface area contributed by atoms with Gasteiger partial charge in [-0.2, -0.15) is 5.10 Å². The number of methoxy groups -OCH3 is 1. The number of rotatable bonds is 3. The van der Waals surface area contributed by atoms with Crippen LogP contribution in [0.25, 0.3) is 22.0 Å². The predicted octanol–water partition coefficient (Wildman–Crippen LogP) is 2.27. The standard InChI is InChI=1S/C17H14N4O4/c1-21-13-7-9(3-6-14(13)25-17(21)23)18-16(22)15-11-8-10(24-2)4-5-12(11)19-20-15/h3-8H,1-2H3,(H,18,22)(H,19,20). The zero-order valence-corrected chi connectivity index (χ0v) is 13.5. The lowest BCUT2D eigenvalue weighted by atomic mass is 10.2. The Hall–Kier alpha value is -3.55. The largest absolute Gasteiger partial charge is 0.497 e. The van der Waals surface area contributed by atoms with Crippen LogP contribution in [0.2, 0.25) is 0 Å². The fourth-order valence-electron chi connectivity index (χ4n) is 2.69. The predicted molar refractivity (Wildman–Crippen MR) is 92.1 cm³/mol. The van der Waals surface area contributed by atoms with E-state index in [0.717, 1.165) is 5.52 Å². The summed E-state index contributed by atoms with van der Waals surface area (Å²) in [5.41, 5.74) is 2.58. The molecule has 0 fully saturated rings. The van der Waals surface area contributed by atoms with E-state index in [-0.39, 0.29) is 11.6 Å². The Morgan fingerprint density at radius 1 is 1.28 bits per heavy atom. The van der Waals surface area contributed by atoms with Gasteiger partial charge in [0.15, 0.2) is 11.3 Å². The SMILES string of the molecule is COc1ccc2[nH]nc(C(=O)Nc3ccc4oc(=O)n(C)c4c3)c2c1. The molecule has 2 N–H and O–H groups in total. The van der Waals surface area contributed by atoms with E-state index < -0.39 is 5.76 Å². The number of H-pyrrole nitrogens is 1. The molecule has 0 saturated carbocycles. The highest BCUT2D eigenvalue weighted by Gasteiger charge is 2.16. The molecule has 0 bridgehead atoms. The van der Waals surface area contributed by atoms with Crippen LogP contribution < -0.4 is 15.8 Å². The second-order valence-electron chi connectivity index (χ2n) is 5.55. The number of aromatic amines is 1. The molecule has 0 spiro atoms. The van der Waals surface area contributed by atoms with Crippen LogP contribution >= 0.6 is 0 Å². The van der Waals surface area contributed by atoms with Crippen molar-refractivity contribution in [2.75, 3.05) is 12.4 Å². The van der Waals surface area contributed by atoms with Gasteiger partial charge >= 0.3 is 5.76 Å². The number of fused-ring (bicyclic) bond motifs is 2. The molecule has 25 heavy (non-hydrogen) atoms. The fraction of sp³-hybridized carbons (Fsp3) is 0.118. The Labute approximate surface area is 141 Å². The van der Waals surface area contributed by atoms with E-state index in [0.29, 0.717) is 27.9 Å². The summed E-state index contributed by atoms with van der Waals surface area (Å²) in [5.74, 6) is -0.186. The van der Waals surface area contributed by atoms with Gasteiger partial charge in [0, 0.05) is 18.1 Å². The van der Waals surface area contributed by atoms with Gasteiger partial charge in [0.25, 0.3) is 5.91 Å². The van der Waals surface area contributed by atoms with E-state index in [4.69, 9.17) is 9.15 Å². The van der Waals surface area contributed by atoms with Crippen LogP contribution in [0, 0.1) is 0 Å². The molecular formula is C17H14N4O4. The van der Waals surface area contributed by atoms with Crippen molar-refractivity contribution in [3.05, 3.63) is 52.6 Å². The van der Waals surface area contributed by atoms with E-state index in [2.05, 4.69) is 15.5 Å². The number of ether oxygens (including phenoxy) is 1. The van der Waals surface area contributed by atoms with Crippen LogP contribution in [-0.4, -0.2) is 27.8 Å². The van der Waals surface area contributed by atoms with Crippen LogP contribution in [0.5, 0.6) is 5.75 Å². The molecule has 0 radical (unpaired) electrons. The normalized spacial score (nSPS) is 11.1. The summed E-state index contributed by atoms with van der Waals surface area (Å²) in [6, 6.07) is 10.3. The highest BCUT2D eigenvalue weighted by atomic mass is 16.5. The van der Waals surface area contributed by atoms with Gasteiger partial charge in [0.2, 0.25) is 0 Å². The first-order chi connectivity index (χ1) is 12.1. The van der Waals surface area contributed by atoms with Crippen molar-refractivity contribution in [2.45, 2.75) is 0 Å². The minimum atomic E-state index is -0.455. The maximum absolute atomic E-state index is 12.6. The number of nitrogens with one attached hydrogen (secondary N) is 2. The lowest BCUT2D eigenvalue weighted by Crippen LogP contribution is -2.13. The first-order valence-electron chi connectivity index (χ1n) is 7.50. The minimum absolute atomic E-state index is 0.259. The molecule has 0 unspecified atom stereocenters. The van der Waals surface area contributed by atoms with Gasteiger partial charge in [-0.1, -0.05) is 0 Å². The minimum Gasteiger partial charge on any atom is -0.497 e. The quantitative estimate of drug-likeness (QED) is 0.596. The molecule has 126 valence electrons. The molecule has 4 aromatic rings. The molecule has 8 heteroatoms. The molecule has 0 atom stereocenters. The average Bonchev–Trinajstić information content (AvgIpc) is 3.16. The summed E-state index contributed by atoms with van der Waals surface area (Å²) in [6.07, 6.45) is 0. The molecule has 0 aliphatic heterocycles. The van der Waals surface area contributed by atoms with Crippen molar-refractivity contribution < 1.29 is 13.9 Å². The molecule has 1 amide bonds. The third-order valence-electron chi connectivity index (χ3n) is 4.03. The van der Waals surface area contributed by atoms with E-state index in [1.165, 1.54) is 4.57 Å². The van der Waals surface area contributed by atoms with Crippen molar-refractivity contribution >= 4 is 33.6 Å². The number of aromatic nitrogens is 3. The Bertz CT molecular complexity index is 1170. The molecule has 0 aliphatic rings. The second-order valence-corrected chi connectivity index (χ2v) is 5.55. The highest BCUT2D eigenvalue weighted by Crippen LogP contribution is 2.23. The first kappa shape index (κ1) is 15.0. The number of carbonyl (C=O) groups excluding carboxylic acids is 1. The number of aryl methyl sites for hydroxylation is 1. The van der Waals surface area contributed by atoms with Gasteiger partial charge in [-0.05, 0) is 36.4 Å². The van der Waals surface area contributed by atoms with Crippen molar-refractivity contribution in [1.82, 2.24) is 14.8 Å². The van der Waals surface area contributed by atoms with Crippen LogP contribution in [0.15, 0.2) is 45.6 Å². The topological polar surface area (TPSA) is 102 Å². The third kappa shape index (κ3) is 2.44. The Balaban J connectivity index is 1.70. The summed E-state index contributed by atoms with van der Waals surface area (Å²) in [4.78, 5) is 24.1. The summed E-state index contributed by atoms with van der Waals surface area (Å²) >= 11 is 0. The lowest BCUT2D eigenvalue weighted by Gasteiger charge is -2.04. The summed E-state index contributed by atoms with van der Waals surface area (Å²) in [7, 11) is 3.17. The maximum Gasteiger partial charge on any atom is 0.419 e. The highest BCUT2D eigenvalue weighted by molar-refractivity contribution is 6.11. The van der Waals surface area contributed by atoms with Crippen LogP contribution in [0.3, 0.4) is 0 Å². The number of oxazole rings is 1. The molecular weight excluding hydrogens is 324 g/mol. The van der Waals surface area contributed by atoms with Gasteiger partial charge in [-0.15, -0.1) is 0 Å². The average molecular weight is 338 g/mol. The van der Waals surface area contributed by atoms with Gasteiger partial charge in [-0.25, -0.2) is 4.79 Å². The molecule has 0 saturated heterocycles. The zero-order chi connectivity index (χ0) is 17.6. The van der Waals surface area contributed by atoms with Crippen molar-refractivity contribution in [3.8, 4) is 5.75 Å². The number of hydrogen-bond donors (Lipinski definition) is 2. The number of hydrogen-bond acceptors (Lipinski definition) is 5. The van der Waals surface area contributed by atoms with Crippen molar-refractivity contribution in [1.29, 1.82) is 0 Å². The van der Waals surface area contributed by atoms with E-state index in [9.17, 15) is 9.59 Å². The Kier molecular flexibility index (Phi) is 3.31. The number of nitrogens with zero attached hydrogens (tertiary/aromatic N) is 2. The van der Waals surface area contributed by atoms with Crippen LogP contribution in [0.4, 0.5) is 5.69 Å². The van der Waals surface area contributed by atoms with Gasteiger partial charge in [0.05, 0.1) is 18.1 Å².